The number of nitrogens with one attached hydrogen (secondary N) is 2. The Kier molecular flexibility index (Phi) is 6.41. The van der Waals surface area contributed by atoms with E-state index in [1.807, 2.05) is 24.3 Å². The number of carbonyl (C=O) groups is 1. The molecule has 0 bridgehead atoms. The van der Waals surface area contributed by atoms with E-state index < -0.39 is 5.41 Å². The van der Waals surface area contributed by atoms with Crippen LogP contribution in [-0.2, 0) is 14.9 Å². The lowest BCUT2D eigenvalue weighted by atomic mass is 9.73. The predicted molar refractivity (Wildman–Crippen MR) is 101 cm³/mol. The van der Waals surface area contributed by atoms with Crippen molar-refractivity contribution in [1.82, 2.24) is 15.3 Å². The van der Waals surface area contributed by atoms with Crippen LogP contribution >= 0.6 is 11.6 Å². The molecule has 0 saturated carbocycles. The third kappa shape index (κ3) is 4.31. The second-order valence-electron chi connectivity index (χ2n) is 6.28. The molecule has 6 nitrogen and oxygen atoms in total. The van der Waals surface area contributed by atoms with Gasteiger partial charge in [0.2, 0.25) is 11.9 Å². The number of aromatic nitrogens is 2. The summed E-state index contributed by atoms with van der Waals surface area (Å²) in [4.78, 5) is 21.2. The van der Waals surface area contributed by atoms with Crippen molar-refractivity contribution in [3.8, 4) is 0 Å². The summed E-state index contributed by atoms with van der Waals surface area (Å²) in [5.74, 6) is 0.612. The molecule has 1 aromatic heterocycles. The molecule has 0 atom stereocenters. The third-order valence-electron chi connectivity index (χ3n) is 4.66. The van der Waals surface area contributed by atoms with E-state index >= 15 is 0 Å². The Hall–Kier alpha value is -2.18. The van der Waals surface area contributed by atoms with Crippen LogP contribution in [0.2, 0.25) is 5.02 Å². The topological polar surface area (TPSA) is 76.1 Å². The number of anilines is 1. The van der Waals surface area contributed by atoms with Gasteiger partial charge in [-0.1, -0.05) is 29.8 Å². The molecular formula is C19H23ClN4O2. The fraction of sp³-hybridized carbons (Fsp3) is 0.421. The Morgan fingerprint density at radius 2 is 1.85 bits per heavy atom. The maximum Gasteiger partial charge on any atom is 0.230 e. The summed E-state index contributed by atoms with van der Waals surface area (Å²) >= 11 is 6.40. The Morgan fingerprint density at radius 1 is 1.12 bits per heavy atom. The number of rotatable bonds is 7. The van der Waals surface area contributed by atoms with E-state index in [0.717, 1.165) is 12.0 Å². The van der Waals surface area contributed by atoms with Gasteiger partial charge in [0.25, 0.3) is 0 Å². The molecule has 1 saturated heterocycles. The smallest absolute Gasteiger partial charge is 0.230 e. The van der Waals surface area contributed by atoms with Crippen LogP contribution in [0.5, 0.6) is 0 Å². The van der Waals surface area contributed by atoms with Gasteiger partial charge in [-0.3, -0.25) is 4.79 Å². The zero-order valence-electron chi connectivity index (χ0n) is 14.6. The van der Waals surface area contributed by atoms with E-state index in [-0.39, 0.29) is 5.91 Å². The third-order valence-corrected chi connectivity index (χ3v) is 4.99. The highest BCUT2D eigenvalue weighted by atomic mass is 35.5. The molecule has 0 radical (unpaired) electrons. The van der Waals surface area contributed by atoms with Crippen LogP contribution in [0, 0.1) is 0 Å². The van der Waals surface area contributed by atoms with E-state index in [4.69, 9.17) is 16.3 Å². The standard InChI is InChI=1S/C19H23ClN4O2/c20-16-6-2-1-5-15(16)19(7-13-26-14-8-19)17(25)21-9-3-10-22-18-23-11-4-12-24-18/h1-2,4-6,11-12H,3,7-10,13-14H2,(H,21,25)(H,22,23,24). The first-order chi connectivity index (χ1) is 12.7. The molecule has 2 aromatic rings. The molecule has 1 aliphatic heterocycles. The molecule has 1 fully saturated rings. The van der Waals surface area contributed by atoms with Gasteiger partial charge >= 0.3 is 0 Å². The van der Waals surface area contributed by atoms with Crippen molar-refractivity contribution in [3.05, 3.63) is 53.3 Å². The fourth-order valence-electron chi connectivity index (χ4n) is 3.24. The summed E-state index contributed by atoms with van der Waals surface area (Å²) in [5, 5.41) is 6.84. The Bertz CT molecular complexity index is 720. The second kappa shape index (κ2) is 8.96. The number of hydrogen-bond donors (Lipinski definition) is 2. The number of halogens is 1. The van der Waals surface area contributed by atoms with Crippen molar-refractivity contribution in [1.29, 1.82) is 0 Å². The monoisotopic (exact) mass is 374 g/mol. The molecule has 0 unspecified atom stereocenters. The molecule has 26 heavy (non-hydrogen) atoms. The molecule has 138 valence electrons. The molecule has 2 N–H and O–H groups in total. The minimum absolute atomic E-state index is 0.0184. The van der Waals surface area contributed by atoms with Crippen molar-refractivity contribution in [2.45, 2.75) is 24.7 Å². The maximum atomic E-state index is 13.0. The Balaban J connectivity index is 1.57. The average Bonchev–Trinajstić information content (AvgIpc) is 2.69. The number of nitrogens with zero attached hydrogens (tertiary/aromatic N) is 2. The highest BCUT2D eigenvalue weighted by Gasteiger charge is 2.42. The molecule has 3 rings (SSSR count). The van der Waals surface area contributed by atoms with Crippen LogP contribution in [0.25, 0.3) is 0 Å². The van der Waals surface area contributed by atoms with Crippen molar-refractivity contribution in [2.24, 2.45) is 0 Å². The van der Waals surface area contributed by atoms with Gasteiger partial charge in [0.05, 0.1) is 5.41 Å². The van der Waals surface area contributed by atoms with E-state index in [0.29, 0.717) is 50.1 Å². The van der Waals surface area contributed by atoms with Gasteiger partial charge in [0.1, 0.15) is 0 Å². The number of carbonyl (C=O) groups excluding carboxylic acids is 1. The Morgan fingerprint density at radius 3 is 2.58 bits per heavy atom. The van der Waals surface area contributed by atoms with E-state index in [1.54, 1.807) is 18.5 Å². The van der Waals surface area contributed by atoms with Crippen LogP contribution < -0.4 is 10.6 Å². The van der Waals surface area contributed by atoms with Crippen molar-refractivity contribution in [3.63, 3.8) is 0 Å². The highest BCUT2D eigenvalue weighted by molar-refractivity contribution is 6.31. The lowest BCUT2D eigenvalue weighted by Gasteiger charge is -2.36. The summed E-state index contributed by atoms with van der Waals surface area (Å²) in [6.45, 7) is 2.38. The Labute approximate surface area is 158 Å². The van der Waals surface area contributed by atoms with E-state index in [9.17, 15) is 4.79 Å². The van der Waals surface area contributed by atoms with Crippen LogP contribution in [0.1, 0.15) is 24.8 Å². The molecule has 7 heteroatoms. The van der Waals surface area contributed by atoms with E-state index in [2.05, 4.69) is 20.6 Å². The minimum atomic E-state index is -0.618. The van der Waals surface area contributed by atoms with Crippen molar-refractivity contribution < 1.29 is 9.53 Å². The van der Waals surface area contributed by atoms with Crippen LogP contribution in [0.3, 0.4) is 0 Å². The molecular weight excluding hydrogens is 352 g/mol. The number of amides is 1. The van der Waals surface area contributed by atoms with Gasteiger partial charge in [0, 0.05) is 43.7 Å². The lowest BCUT2D eigenvalue weighted by molar-refractivity contribution is -0.130. The van der Waals surface area contributed by atoms with Gasteiger partial charge in [-0.2, -0.15) is 0 Å². The van der Waals surface area contributed by atoms with Crippen molar-refractivity contribution >= 4 is 23.5 Å². The molecule has 1 aromatic carbocycles. The zero-order chi connectivity index (χ0) is 18.2. The van der Waals surface area contributed by atoms with Crippen LogP contribution in [0.4, 0.5) is 5.95 Å². The molecule has 1 amide bonds. The van der Waals surface area contributed by atoms with Gasteiger partial charge in [-0.05, 0) is 37.0 Å². The second-order valence-corrected chi connectivity index (χ2v) is 6.69. The van der Waals surface area contributed by atoms with Crippen LogP contribution in [0.15, 0.2) is 42.7 Å². The predicted octanol–water partition coefficient (Wildman–Crippen LogP) is 2.80. The fourth-order valence-corrected chi connectivity index (χ4v) is 3.55. The summed E-state index contributed by atoms with van der Waals surface area (Å²) in [7, 11) is 0. The average molecular weight is 375 g/mol. The lowest BCUT2D eigenvalue weighted by Crippen LogP contribution is -2.48. The first-order valence-corrected chi connectivity index (χ1v) is 9.22. The molecule has 0 spiro atoms. The largest absolute Gasteiger partial charge is 0.381 e. The maximum absolute atomic E-state index is 13.0. The number of benzene rings is 1. The van der Waals surface area contributed by atoms with Crippen LogP contribution in [-0.4, -0.2) is 42.2 Å². The van der Waals surface area contributed by atoms with Gasteiger partial charge in [0.15, 0.2) is 0 Å². The van der Waals surface area contributed by atoms with E-state index in [1.165, 1.54) is 0 Å². The first-order valence-electron chi connectivity index (χ1n) is 8.84. The zero-order valence-corrected chi connectivity index (χ0v) is 15.3. The molecule has 1 aliphatic rings. The van der Waals surface area contributed by atoms with Gasteiger partial charge < -0.3 is 15.4 Å². The summed E-state index contributed by atoms with van der Waals surface area (Å²) < 4.78 is 5.48. The minimum Gasteiger partial charge on any atom is -0.381 e. The normalized spacial score (nSPS) is 16.0. The molecule has 0 aliphatic carbocycles. The summed E-state index contributed by atoms with van der Waals surface area (Å²) in [5.41, 5.74) is 0.269. The van der Waals surface area contributed by atoms with Crippen molar-refractivity contribution in [2.75, 3.05) is 31.6 Å². The summed E-state index contributed by atoms with van der Waals surface area (Å²) in [6.07, 6.45) is 5.43. The summed E-state index contributed by atoms with van der Waals surface area (Å²) in [6, 6.07) is 9.36. The first kappa shape index (κ1) is 18.6. The number of hydrogen-bond acceptors (Lipinski definition) is 5. The van der Waals surface area contributed by atoms with Gasteiger partial charge in [-0.25, -0.2) is 9.97 Å². The van der Waals surface area contributed by atoms with Gasteiger partial charge in [-0.15, -0.1) is 0 Å². The number of ether oxygens (including phenoxy) is 1. The molecule has 2 heterocycles. The quantitative estimate of drug-likeness (QED) is 0.729. The highest BCUT2D eigenvalue weighted by Crippen LogP contribution is 2.38. The SMILES string of the molecule is O=C(NCCCNc1ncccn1)C1(c2ccccc2Cl)CCOCC1.